The molecule has 2 nitrogen and oxygen atoms in total. The van der Waals surface area contributed by atoms with Crippen molar-refractivity contribution in [3.05, 3.63) is 34.1 Å². The summed E-state index contributed by atoms with van der Waals surface area (Å²) in [5.41, 5.74) is 3.22. The zero-order valence-corrected chi connectivity index (χ0v) is 12.6. The summed E-state index contributed by atoms with van der Waals surface area (Å²) >= 11 is 3.21. The fraction of sp³-hybridized carbons (Fsp3) is 0.571. The Kier molecular flexibility index (Phi) is 5.09. The second-order valence-corrected chi connectivity index (χ2v) is 6.32. The molecule has 0 radical (unpaired) electrons. The summed E-state index contributed by atoms with van der Waals surface area (Å²) in [6.45, 7) is 0. The summed E-state index contributed by atoms with van der Waals surface area (Å²) < 4.78 is 40.8. The molecule has 0 aliphatic heterocycles. The normalized spacial score (nSPS) is 20.9. The molecule has 0 aromatic heterocycles. The second-order valence-electron chi connectivity index (χ2n) is 5.41. The van der Waals surface area contributed by atoms with Crippen LogP contribution in [0.15, 0.2) is 22.7 Å². The Morgan fingerprint density at radius 1 is 1.35 bits per heavy atom. The van der Waals surface area contributed by atoms with E-state index >= 15 is 0 Å². The molecule has 1 atom stereocenters. The lowest BCUT2D eigenvalue weighted by Crippen LogP contribution is -2.45. The highest BCUT2D eigenvalue weighted by Crippen LogP contribution is 2.38. The lowest BCUT2D eigenvalue weighted by molar-refractivity contribution is -0.0495. The van der Waals surface area contributed by atoms with Gasteiger partial charge >= 0.3 is 0 Å². The molecule has 2 rings (SSSR count). The van der Waals surface area contributed by atoms with Crippen LogP contribution in [0.25, 0.3) is 0 Å². The third-order valence-corrected chi connectivity index (χ3v) is 4.49. The van der Waals surface area contributed by atoms with Gasteiger partial charge in [-0.3, -0.25) is 11.3 Å². The van der Waals surface area contributed by atoms with Crippen LogP contribution in [-0.4, -0.2) is 12.0 Å². The summed E-state index contributed by atoms with van der Waals surface area (Å²) in [5.74, 6) is 2.73. The molecule has 1 aromatic carbocycles. The van der Waals surface area contributed by atoms with Crippen molar-refractivity contribution >= 4 is 15.9 Å². The molecule has 0 spiro atoms. The van der Waals surface area contributed by atoms with Crippen LogP contribution >= 0.6 is 15.9 Å². The first-order valence-electron chi connectivity index (χ1n) is 6.69. The molecule has 0 heterocycles. The fourth-order valence-corrected chi connectivity index (χ4v) is 3.08. The van der Waals surface area contributed by atoms with E-state index in [0.29, 0.717) is 29.3 Å². The first-order chi connectivity index (χ1) is 9.41. The van der Waals surface area contributed by atoms with Gasteiger partial charge in [0.2, 0.25) is 5.92 Å². The molecule has 112 valence electrons. The van der Waals surface area contributed by atoms with Gasteiger partial charge in [-0.05, 0) is 42.9 Å². The smallest absolute Gasteiger partial charge is 0.248 e. The number of hydrogen-bond donors (Lipinski definition) is 2. The van der Waals surface area contributed by atoms with Crippen molar-refractivity contribution in [3.8, 4) is 0 Å². The number of hydrogen-bond acceptors (Lipinski definition) is 2. The zero-order valence-electron chi connectivity index (χ0n) is 11.0. The van der Waals surface area contributed by atoms with Crippen molar-refractivity contribution in [2.75, 3.05) is 0 Å². The Balaban J connectivity index is 2.02. The minimum Gasteiger partial charge on any atom is -0.271 e. The molecule has 3 N–H and O–H groups in total. The van der Waals surface area contributed by atoms with Gasteiger partial charge in [0.1, 0.15) is 5.82 Å². The highest BCUT2D eigenvalue weighted by molar-refractivity contribution is 9.10. The van der Waals surface area contributed by atoms with Gasteiger partial charge in [-0.15, -0.1) is 0 Å². The quantitative estimate of drug-likeness (QED) is 0.640. The van der Waals surface area contributed by atoms with E-state index in [1.54, 1.807) is 12.1 Å². The van der Waals surface area contributed by atoms with Crippen molar-refractivity contribution in [3.63, 3.8) is 0 Å². The molecule has 1 aliphatic rings. The maximum absolute atomic E-state index is 13.8. The lowest BCUT2D eigenvalue weighted by atomic mass is 9.80. The van der Waals surface area contributed by atoms with E-state index in [1.165, 1.54) is 6.07 Å². The minimum absolute atomic E-state index is 0.0580. The van der Waals surface area contributed by atoms with E-state index in [-0.39, 0.29) is 30.6 Å². The largest absolute Gasteiger partial charge is 0.271 e. The van der Waals surface area contributed by atoms with Crippen molar-refractivity contribution in [2.24, 2.45) is 11.8 Å². The lowest BCUT2D eigenvalue weighted by Gasteiger charge is -2.33. The summed E-state index contributed by atoms with van der Waals surface area (Å²) in [6.07, 6.45) is 1.02. The molecule has 1 fully saturated rings. The number of nitrogens with two attached hydrogens (primary N) is 1. The van der Waals surface area contributed by atoms with Crippen LogP contribution in [0.3, 0.4) is 0 Å². The maximum Gasteiger partial charge on any atom is 0.248 e. The Labute approximate surface area is 125 Å². The topological polar surface area (TPSA) is 38.0 Å². The van der Waals surface area contributed by atoms with Gasteiger partial charge < -0.3 is 0 Å². The number of hydrazine groups is 1. The van der Waals surface area contributed by atoms with Gasteiger partial charge in [0.05, 0.1) is 0 Å². The first-order valence-corrected chi connectivity index (χ1v) is 7.48. The molecule has 0 bridgehead atoms. The molecule has 1 aliphatic carbocycles. The SMILES string of the molecule is NNC(Cc1ccc(Br)cc1F)C1CCC(F)(F)CC1. The molecule has 1 aromatic rings. The van der Waals surface area contributed by atoms with E-state index in [0.717, 1.165) is 0 Å². The van der Waals surface area contributed by atoms with Gasteiger partial charge in [0.25, 0.3) is 0 Å². The van der Waals surface area contributed by atoms with Crippen molar-refractivity contribution in [1.29, 1.82) is 0 Å². The molecule has 0 amide bonds. The summed E-state index contributed by atoms with van der Waals surface area (Å²) in [4.78, 5) is 0. The molecule has 20 heavy (non-hydrogen) atoms. The van der Waals surface area contributed by atoms with Gasteiger partial charge in [0.15, 0.2) is 0 Å². The van der Waals surface area contributed by atoms with Gasteiger partial charge in [-0.25, -0.2) is 13.2 Å². The van der Waals surface area contributed by atoms with Crippen LogP contribution in [0.4, 0.5) is 13.2 Å². The molecular formula is C14H18BrF3N2. The summed E-state index contributed by atoms with van der Waals surface area (Å²) in [7, 11) is 0. The Hall–Kier alpha value is -0.590. The van der Waals surface area contributed by atoms with Gasteiger partial charge in [-0.2, -0.15) is 0 Å². The number of rotatable bonds is 4. The van der Waals surface area contributed by atoms with Gasteiger partial charge in [-0.1, -0.05) is 22.0 Å². The van der Waals surface area contributed by atoms with E-state index in [4.69, 9.17) is 5.84 Å². The molecule has 1 saturated carbocycles. The molecule has 0 saturated heterocycles. The van der Waals surface area contributed by atoms with Crippen LogP contribution in [-0.2, 0) is 6.42 Å². The average molecular weight is 351 g/mol. The highest BCUT2D eigenvalue weighted by atomic mass is 79.9. The predicted molar refractivity (Wildman–Crippen MR) is 75.8 cm³/mol. The van der Waals surface area contributed by atoms with Gasteiger partial charge in [0, 0.05) is 23.4 Å². The first kappa shape index (κ1) is 15.8. The molecular weight excluding hydrogens is 333 g/mol. The van der Waals surface area contributed by atoms with E-state index < -0.39 is 5.92 Å². The number of benzene rings is 1. The Morgan fingerprint density at radius 3 is 2.55 bits per heavy atom. The number of alkyl halides is 2. The maximum atomic E-state index is 13.8. The summed E-state index contributed by atoms with van der Waals surface area (Å²) in [6, 6.07) is 4.68. The molecule has 6 heteroatoms. The summed E-state index contributed by atoms with van der Waals surface area (Å²) in [5, 5.41) is 0. The highest BCUT2D eigenvalue weighted by Gasteiger charge is 2.37. The number of nitrogens with one attached hydrogen (secondary N) is 1. The van der Waals surface area contributed by atoms with E-state index in [9.17, 15) is 13.2 Å². The van der Waals surface area contributed by atoms with Crippen molar-refractivity contribution in [2.45, 2.75) is 44.1 Å². The van der Waals surface area contributed by atoms with E-state index in [2.05, 4.69) is 21.4 Å². The molecule has 1 unspecified atom stereocenters. The third-order valence-electron chi connectivity index (χ3n) is 4.00. The Bertz CT molecular complexity index is 458. The number of halogens is 4. The van der Waals surface area contributed by atoms with Crippen molar-refractivity contribution < 1.29 is 13.2 Å². The van der Waals surface area contributed by atoms with Crippen LogP contribution < -0.4 is 11.3 Å². The minimum atomic E-state index is -2.56. The zero-order chi connectivity index (χ0) is 14.8. The Morgan fingerprint density at radius 2 is 2.00 bits per heavy atom. The monoisotopic (exact) mass is 350 g/mol. The predicted octanol–water partition coefficient (Wildman–Crippen LogP) is 3.79. The average Bonchev–Trinajstić information content (AvgIpc) is 2.39. The van der Waals surface area contributed by atoms with E-state index in [1.807, 2.05) is 0 Å². The van der Waals surface area contributed by atoms with Crippen LogP contribution in [0.2, 0.25) is 0 Å². The van der Waals surface area contributed by atoms with Crippen LogP contribution in [0.5, 0.6) is 0 Å². The van der Waals surface area contributed by atoms with Crippen LogP contribution in [0.1, 0.15) is 31.2 Å². The third kappa shape index (κ3) is 3.96. The standard InChI is InChI=1S/C14H18BrF3N2/c15-11-2-1-10(12(16)8-11)7-13(20-19)9-3-5-14(17,18)6-4-9/h1-2,8-9,13,20H,3-7,19H2. The second kappa shape index (κ2) is 6.45. The fourth-order valence-electron chi connectivity index (χ4n) is 2.75. The van der Waals surface area contributed by atoms with Crippen LogP contribution in [0, 0.1) is 11.7 Å². The van der Waals surface area contributed by atoms with Crippen molar-refractivity contribution in [1.82, 2.24) is 5.43 Å².